The number of likely N-dealkylation sites (tertiary alicyclic amines) is 1. The van der Waals surface area contributed by atoms with Crippen molar-refractivity contribution in [2.45, 2.75) is 26.3 Å². The highest BCUT2D eigenvalue weighted by atomic mass is 16.5. The number of carboxylic acid groups (broad SMARTS) is 2. The molecule has 0 radical (unpaired) electrons. The molecule has 186 valence electrons. The van der Waals surface area contributed by atoms with E-state index in [9.17, 15) is 14.4 Å². The predicted molar refractivity (Wildman–Crippen MR) is 131 cm³/mol. The highest BCUT2D eigenvalue weighted by Gasteiger charge is 2.30. The first kappa shape index (κ1) is 26.0. The summed E-state index contributed by atoms with van der Waals surface area (Å²) < 4.78 is 5.85. The van der Waals surface area contributed by atoms with Gasteiger partial charge in [-0.1, -0.05) is 35.9 Å². The highest BCUT2D eigenvalue weighted by Crippen LogP contribution is 2.26. The summed E-state index contributed by atoms with van der Waals surface area (Å²) in [6, 6.07) is 16.2. The van der Waals surface area contributed by atoms with Crippen molar-refractivity contribution in [3.8, 4) is 5.75 Å². The Hall–Kier alpha value is -3.65. The lowest BCUT2D eigenvalue weighted by Crippen LogP contribution is -2.40. The monoisotopic (exact) mass is 480 g/mol. The molecule has 2 heterocycles. The molecule has 2 aliphatic heterocycles. The molecule has 8 heteroatoms. The van der Waals surface area contributed by atoms with Crippen LogP contribution in [0.25, 0.3) is 0 Å². The molecule has 2 aromatic carbocycles. The van der Waals surface area contributed by atoms with E-state index in [0.29, 0.717) is 18.1 Å². The summed E-state index contributed by atoms with van der Waals surface area (Å²) in [5.74, 6) is -0.751. The number of nitrogens with zero attached hydrogens (tertiary/aromatic N) is 2. The van der Waals surface area contributed by atoms with Crippen LogP contribution in [0.15, 0.2) is 60.7 Å². The Labute approximate surface area is 205 Å². The van der Waals surface area contributed by atoms with Gasteiger partial charge < -0.3 is 19.8 Å². The van der Waals surface area contributed by atoms with Gasteiger partial charge in [0.2, 0.25) is 0 Å². The van der Waals surface area contributed by atoms with Crippen molar-refractivity contribution >= 4 is 17.8 Å². The zero-order chi connectivity index (χ0) is 25.2. The second-order valence-corrected chi connectivity index (χ2v) is 8.80. The summed E-state index contributed by atoms with van der Waals surface area (Å²) in [5.41, 5.74) is 3.32. The Morgan fingerprint density at radius 2 is 1.63 bits per heavy atom. The van der Waals surface area contributed by atoms with Gasteiger partial charge in [0.25, 0.3) is 5.91 Å². The molecule has 35 heavy (non-hydrogen) atoms. The predicted octanol–water partition coefficient (Wildman–Crippen LogP) is 3.45. The van der Waals surface area contributed by atoms with Gasteiger partial charge in [-0.25, -0.2) is 9.59 Å². The number of ether oxygens (including phenoxy) is 1. The normalized spacial score (nSPS) is 16.0. The molecule has 1 amide bonds. The molecule has 4 rings (SSSR count). The van der Waals surface area contributed by atoms with E-state index in [1.54, 1.807) is 0 Å². The average molecular weight is 481 g/mol. The van der Waals surface area contributed by atoms with Gasteiger partial charge in [-0.2, -0.15) is 0 Å². The number of rotatable bonds is 8. The molecule has 8 nitrogen and oxygen atoms in total. The minimum atomic E-state index is -1.26. The van der Waals surface area contributed by atoms with Crippen LogP contribution in [-0.4, -0.2) is 70.6 Å². The van der Waals surface area contributed by atoms with Crippen LogP contribution in [0, 0.1) is 12.8 Å². The van der Waals surface area contributed by atoms with Crippen LogP contribution >= 0.6 is 0 Å². The van der Waals surface area contributed by atoms with Crippen molar-refractivity contribution in [3.05, 3.63) is 77.4 Å². The third-order valence-electron chi connectivity index (χ3n) is 6.15. The van der Waals surface area contributed by atoms with Crippen LogP contribution < -0.4 is 4.74 Å². The molecule has 0 spiro atoms. The number of piperidine rings is 1. The molecule has 1 saturated heterocycles. The number of carbonyl (C=O) groups excluding carboxylic acids is 1. The standard InChI is InChI=1S/C23H28N2O2.C4H4O4/c1-18-6-8-21(9-7-18)27-15-14-24-12-10-19(11-13-24)16-25-17-20-4-2-3-5-22(20)23(25)26;5-3(6)1-2-4(7)8/h2-9,19H,10-17H2,1H3;1-2H,(H,5,6)(H,7,8)/b;2-1+. The van der Waals surface area contributed by atoms with Gasteiger partial charge in [-0.05, 0) is 62.5 Å². The first-order valence-corrected chi connectivity index (χ1v) is 11.7. The number of hydrogen-bond donors (Lipinski definition) is 2. The Morgan fingerprint density at radius 3 is 2.23 bits per heavy atom. The maximum absolute atomic E-state index is 12.5. The Balaban J connectivity index is 0.000000371. The smallest absolute Gasteiger partial charge is 0.328 e. The molecule has 2 aliphatic rings. The molecule has 0 bridgehead atoms. The van der Waals surface area contributed by atoms with Crippen LogP contribution in [0.2, 0.25) is 0 Å². The van der Waals surface area contributed by atoms with Crippen molar-refractivity contribution in [3.63, 3.8) is 0 Å². The summed E-state index contributed by atoms with van der Waals surface area (Å²) >= 11 is 0. The largest absolute Gasteiger partial charge is 0.492 e. The number of carbonyl (C=O) groups is 3. The van der Waals surface area contributed by atoms with Gasteiger partial charge in [0.1, 0.15) is 12.4 Å². The maximum Gasteiger partial charge on any atom is 0.328 e. The molecular formula is C27H32N2O6. The highest BCUT2D eigenvalue weighted by molar-refractivity contribution is 5.98. The summed E-state index contributed by atoms with van der Waals surface area (Å²) in [6.07, 6.45) is 3.43. The number of hydrogen-bond acceptors (Lipinski definition) is 5. The van der Waals surface area contributed by atoms with Crippen molar-refractivity contribution in [1.82, 2.24) is 9.80 Å². The lowest BCUT2D eigenvalue weighted by atomic mass is 9.96. The molecule has 0 saturated carbocycles. The minimum Gasteiger partial charge on any atom is -0.492 e. The number of amides is 1. The first-order valence-electron chi connectivity index (χ1n) is 11.7. The number of aryl methyl sites for hydroxylation is 1. The van der Waals surface area contributed by atoms with Gasteiger partial charge in [0.05, 0.1) is 0 Å². The van der Waals surface area contributed by atoms with E-state index in [1.807, 2.05) is 35.2 Å². The third-order valence-corrected chi connectivity index (χ3v) is 6.15. The SMILES string of the molecule is Cc1ccc(OCCN2CCC(CN3Cc4ccccc4C3=O)CC2)cc1.O=C(O)/C=C/C(=O)O. The number of fused-ring (bicyclic) bond motifs is 1. The van der Waals surface area contributed by atoms with E-state index < -0.39 is 11.9 Å². The zero-order valence-corrected chi connectivity index (χ0v) is 19.9. The van der Waals surface area contributed by atoms with E-state index in [-0.39, 0.29) is 5.91 Å². The summed E-state index contributed by atoms with van der Waals surface area (Å²) in [5, 5.41) is 15.6. The molecule has 0 aliphatic carbocycles. The van der Waals surface area contributed by atoms with Crippen molar-refractivity contribution in [2.24, 2.45) is 5.92 Å². The second-order valence-electron chi connectivity index (χ2n) is 8.80. The quantitative estimate of drug-likeness (QED) is 0.557. The average Bonchev–Trinajstić information content (AvgIpc) is 3.16. The van der Waals surface area contributed by atoms with Crippen molar-refractivity contribution in [1.29, 1.82) is 0 Å². The maximum atomic E-state index is 12.5. The Morgan fingerprint density at radius 1 is 1.00 bits per heavy atom. The van der Waals surface area contributed by atoms with Crippen LogP contribution in [-0.2, 0) is 16.1 Å². The number of aliphatic carboxylic acids is 2. The molecular weight excluding hydrogens is 448 g/mol. The third kappa shape index (κ3) is 8.26. The minimum absolute atomic E-state index is 0.208. The molecule has 0 unspecified atom stereocenters. The molecule has 0 atom stereocenters. The molecule has 2 N–H and O–H groups in total. The summed E-state index contributed by atoms with van der Waals surface area (Å²) in [7, 11) is 0. The van der Waals surface area contributed by atoms with Crippen LogP contribution in [0.5, 0.6) is 5.75 Å². The zero-order valence-electron chi connectivity index (χ0n) is 19.9. The molecule has 1 fully saturated rings. The fraction of sp³-hybridized carbons (Fsp3) is 0.370. The number of carboxylic acids is 2. The van der Waals surface area contributed by atoms with Gasteiger partial charge in [0.15, 0.2) is 0 Å². The van der Waals surface area contributed by atoms with Crippen LogP contribution in [0.4, 0.5) is 0 Å². The van der Waals surface area contributed by atoms with E-state index in [2.05, 4.69) is 30.0 Å². The van der Waals surface area contributed by atoms with Crippen LogP contribution in [0.1, 0.15) is 34.3 Å². The van der Waals surface area contributed by atoms with Crippen LogP contribution in [0.3, 0.4) is 0 Å². The van der Waals surface area contributed by atoms with E-state index in [4.69, 9.17) is 14.9 Å². The topological polar surface area (TPSA) is 107 Å². The first-order chi connectivity index (χ1) is 16.8. The van der Waals surface area contributed by atoms with E-state index in [0.717, 1.165) is 63.5 Å². The van der Waals surface area contributed by atoms with E-state index >= 15 is 0 Å². The van der Waals surface area contributed by atoms with Gasteiger partial charge in [0, 0.05) is 37.3 Å². The lowest BCUT2D eigenvalue weighted by Gasteiger charge is -2.33. The molecule has 2 aromatic rings. The van der Waals surface area contributed by atoms with Gasteiger partial charge in [-0.15, -0.1) is 0 Å². The summed E-state index contributed by atoms with van der Waals surface area (Å²) in [4.78, 5) is 36.1. The van der Waals surface area contributed by atoms with Crippen molar-refractivity contribution in [2.75, 3.05) is 32.8 Å². The van der Waals surface area contributed by atoms with Gasteiger partial charge >= 0.3 is 11.9 Å². The Kier molecular flexibility index (Phi) is 9.43. The second kappa shape index (κ2) is 12.7. The summed E-state index contributed by atoms with van der Waals surface area (Å²) in [6.45, 7) is 7.64. The van der Waals surface area contributed by atoms with Crippen molar-refractivity contribution < 1.29 is 29.3 Å². The van der Waals surface area contributed by atoms with Gasteiger partial charge in [-0.3, -0.25) is 9.69 Å². The fourth-order valence-corrected chi connectivity index (χ4v) is 4.24. The fourth-order valence-electron chi connectivity index (χ4n) is 4.24. The number of benzene rings is 2. The molecule has 0 aromatic heterocycles. The lowest BCUT2D eigenvalue weighted by molar-refractivity contribution is -0.134. The Bertz CT molecular complexity index is 1030. The van der Waals surface area contributed by atoms with E-state index in [1.165, 1.54) is 11.1 Å².